The highest BCUT2D eigenvalue weighted by atomic mass is 16.5. The summed E-state index contributed by atoms with van der Waals surface area (Å²) in [5, 5.41) is 5.37. The third-order valence-corrected chi connectivity index (χ3v) is 3.82. The molecule has 2 aromatic rings. The number of rotatable bonds is 7. The van der Waals surface area contributed by atoms with Crippen LogP contribution in [0.15, 0.2) is 54.6 Å². The fraction of sp³-hybridized carbons (Fsp3) is 0.333. The van der Waals surface area contributed by atoms with Crippen LogP contribution in [0, 0.1) is 0 Å². The zero-order chi connectivity index (χ0) is 19.0. The van der Waals surface area contributed by atoms with Gasteiger partial charge in [-0.2, -0.15) is 0 Å². The monoisotopic (exact) mass is 354 g/mol. The van der Waals surface area contributed by atoms with E-state index >= 15 is 0 Å². The molecule has 2 rings (SSSR count). The van der Waals surface area contributed by atoms with Gasteiger partial charge in [-0.05, 0) is 35.2 Å². The molecule has 5 heteroatoms. The molecule has 0 radical (unpaired) electrons. The van der Waals surface area contributed by atoms with Gasteiger partial charge in [0, 0.05) is 5.69 Å². The molecule has 0 unspecified atom stereocenters. The van der Waals surface area contributed by atoms with Crippen molar-refractivity contribution < 1.29 is 14.3 Å². The van der Waals surface area contributed by atoms with Crippen LogP contribution < -0.4 is 15.4 Å². The molecule has 0 saturated carbocycles. The topological polar surface area (TPSA) is 67.4 Å². The molecule has 0 aliphatic heterocycles. The van der Waals surface area contributed by atoms with Gasteiger partial charge in [0.1, 0.15) is 5.75 Å². The van der Waals surface area contributed by atoms with Crippen molar-refractivity contribution in [3.8, 4) is 5.75 Å². The fourth-order valence-electron chi connectivity index (χ4n) is 2.30. The van der Waals surface area contributed by atoms with Crippen LogP contribution in [0.25, 0.3) is 0 Å². The maximum absolute atomic E-state index is 11.9. The second kappa shape index (κ2) is 9.04. The van der Waals surface area contributed by atoms with Crippen LogP contribution in [0.3, 0.4) is 0 Å². The van der Waals surface area contributed by atoms with Crippen LogP contribution >= 0.6 is 0 Å². The average molecular weight is 354 g/mol. The SMILES string of the molecule is CC(C)(C)c1ccc(NC(=O)CNC(=O)CCOc2ccccc2)cc1. The van der Waals surface area contributed by atoms with E-state index in [1.807, 2.05) is 54.6 Å². The smallest absolute Gasteiger partial charge is 0.243 e. The Labute approximate surface area is 154 Å². The number of amides is 2. The number of carbonyl (C=O) groups is 2. The maximum atomic E-state index is 11.9. The van der Waals surface area contributed by atoms with E-state index in [9.17, 15) is 9.59 Å². The van der Waals surface area contributed by atoms with Gasteiger partial charge in [0.15, 0.2) is 0 Å². The van der Waals surface area contributed by atoms with Crippen molar-refractivity contribution in [3.63, 3.8) is 0 Å². The first kappa shape index (κ1) is 19.5. The first-order valence-electron chi connectivity index (χ1n) is 8.69. The summed E-state index contributed by atoms with van der Waals surface area (Å²) in [6.07, 6.45) is 0.197. The summed E-state index contributed by atoms with van der Waals surface area (Å²) >= 11 is 0. The lowest BCUT2D eigenvalue weighted by Crippen LogP contribution is -2.33. The predicted molar refractivity (Wildman–Crippen MR) is 103 cm³/mol. The number of carbonyl (C=O) groups excluding carboxylic acids is 2. The second-order valence-corrected chi connectivity index (χ2v) is 7.06. The Morgan fingerprint density at radius 2 is 1.58 bits per heavy atom. The van der Waals surface area contributed by atoms with Crippen LogP contribution in [0.2, 0.25) is 0 Å². The predicted octanol–water partition coefficient (Wildman–Crippen LogP) is 3.51. The Morgan fingerprint density at radius 1 is 0.923 bits per heavy atom. The molecular formula is C21H26N2O3. The quantitative estimate of drug-likeness (QED) is 0.799. The van der Waals surface area contributed by atoms with Gasteiger partial charge in [-0.15, -0.1) is 0 Å². The summed E-state index contributed by atoms with van der Waals surface area (Å²) in [6.45, 7) is 6.61. The normalized spacial score (nSPS) is 10.9. The van der Waals surface area contributed by atoms with Gasteiger partial charge in [0.05, 0.1) is 19.6 Å². The Hall–Kier alpha value is -2.82. The lowest BCUT2D eigenvalue weighted by Gasteiger charge is -2.19. The summed E-state index contributed by atoms with van der Waals surface area (Å²) in [5.74, 6) is 0.238. The largest absolute Gasteiger partial charge is 0.493 e. The highest BCUT2D eigenvalue weighted by Gasteiger charge is 2.13. The molecule has 0 heterocycles. The molecule has 0 aliphatic rings. The van der Waals surface area contributed by atoms with Gasteiger partial charge in [0.2, 0.25) is 11.8 Å². The molecule has 26 heavy (non-hydrogen) atoms. The van der Waals surface area contributed by atoms with Crippen molar-refractivity contribution >= 4 is 17.5 Å². The van der Waals surface area contributed by atoms with Crippen LogP contribution in [-0.2, 0) is 15.0 Å². The van der Waals surface area contributed by atoms with Crippen molar-refractivity contribution in [2.75, 3.05) is 18.5 Å². The van der Waals surface area contributed by atoms with Crippen LogP contribution in [0.4, 0.5) is 5.69 Å². The number of para-hydroxylation sites is 1. The standard InChI is InChI=1S/C21H26N2O3/c1-21(2,3)16-9-11-17(12-10-16)23-20(25)15-22-19(24)13-14-26-18-7-5-4-6-8-18/h4-12H,13-15H2,1-3H3,(H,22,24)(H,23,25). The summed E-state index contributed by atoms with van der Waals surface area (Å²) in [4.78, 5) is 23.7. The maximum Gasteiger partial charge on any atom is 0.243 e. The molecule has 0 aliphatic carbocycles. The van der Waals surface area contributed by atoms with Crippen LogP contribution in [0.1, 0.15) is 32.8 Å². The summed E-state index contributed by atoms with van der Waals surface area (Å²) < 4.78 is 5.46. The van der Waals surface area contributed by atoms with Crippen molar-refractivity contribution in [1.29, 1.82) is 0 Å². The van der Waals surface area contributed by atoms with Gasteiger partial charge < -0.3 is 15.4 Å². The molecule has 0 saturated heterocycles. The van der Waals surface area contributed by atoms with Gasteiger partial charge in [-0.1, -0.05) is 51.1 Å². The molecule has 0 atom stereocenters. The van der Waals surface area contributed by atoms with Gasteiger partial charge >= 0.3 is 0 Å². The first-order valence-corrected chi connectivity index (χ1v) is 8.69. The molecule has 0 bridgehead atoms. The van der Waals surface area contributed by atoms with E-state index in [-0.39, 0.29) is 36.8 Å². The molecule has 0 spiro atoms. The third kappa shape index (κ3) is 6.59. The van der Waals surface area contributed by atoms with E-state index in [2.05, 4.69) is 31.4 Å². The third-order valence-electron chi connectivity index (χ3n) is 3.82. The molecule has 138 valence electrons. The Bertz CT molecular complexity index is 719. The number of hydrogen-bond donors (Lipinski definition) is 2. The minimum absolute atomic E-state index is 0.0643. The summed E-state index contributed by atoms with van der Waals surface area (Å²) in [5.41, 5.74) is 1.98. The van der Waals surface area contributed by atoms with Crippen molar-refractivity contribution in [1.82, 2.24) is 5.32 Å². The molecule has 0 aromatic heterocycles. The van der Waals surface area contributed by atoms with E-state index in [1.54, 1.807) is 0 Å². The number of benzene rings is 2. The van der Waals surface area contributed by atoms with E-state index in [0.29, 0.717) is 5.69 Å². The van der Waals surface area contributed by atoms with Crippen LogP contribution in [0.5, 0.6) is 5.75 Å². The Balaban J connectivity index is 1.68. The fourth-order valence-corrected chi connectivity index (χ4v) is 2.30. The lowest BCUT2D eigenvalue weighted by molar-refractivity contribution is -0.124. The summed E-state index contributed by atoms with van der Waals surface area (Å²) in [7, 11) is 0. The van der Waals surface area contributed by atoms with Crippen molar-refractivity contribution in [2.45, 2.75) is 32.6 Å². The molecule has 2 amide bonds. The minimum atomic E-state index is -0.258. The minimum Gasteiger partial charge on any atom is -0.493 e. The van der Waals surface area contributed by atoms with Crippen LogP contribution in [-0.4, -0.2) is 25.0 Å². The number of nitrogens with one attached hydrogen (secondary N) is 2. The van der Waals surface area contributed by atoms with Crippen molar-refractivity contribution in [2.24, 2.45) is 0 Å². The van der Waals surface area contributed by atoms with E-state index in [0.717, 1.165) is 5.75 Å². The van der Waals surface area contributed by atoms with Gasteiger partial charge in [0.25, 0.3) is 0 Å². The Morgan fingerprint density at radius 3 is 2.19 bits per heavy atom. The molecule has 2 N–H and O–H groups in total. The zero-order valence-electron chi connectivity index (χ0n) is 15.5. The molecule has 0 fully saturated rings. The number of anilines is 1. The lowest BCUT2D eigenvalue weighted by atomic mass is 9.87. The summed E-state index contributed by atoms with van der Waals surface area (Å²) in [6, 6.07) is 17.0. The number of hydrogen-bond acceptors (Lipinski definition) is 3. The zero-order valence-corrected chi connectivity index (χ0v) is 15.5. The van der Waals surface area contributed by atoms with Gasteiger partial charge in [-0.3, -0.25) is 9.59 Å². The van der Waals surface area contributed by atoms with E-state index in [1.165, 1.54) is 5.56 Å². The second-order valence-electron chi connectivity index (χ2n) is 7.06. The van der Waals surface area contributed by atoms with Crippen molar-refractivity contribution in [3.05, 3.63) is 60.2 Å². The molecule has 2 aromatic carbocycles. The number of ether oxygens (including phenoxy) is 1. The molecule has 5 nitrogen and oxygen atoms in total. The highest BCUT2D eigenvalue weighted by molar-refractivity contribution is 5.94. The van der Waals surface area contributed by atoms with E-state index < -0.39 is 0 Å². The van der Waals surface area contributed by atoms with Gasteiger partial charge in [-0.25, -0.2) is 0 Å². The highest BCUT2D eigenvalue weighted by Crippen LogP contribution is 2.23. The average Bonchev–Trinajstić information content (AvgIpc) is 2.60. The Kier molecular flexibility index (Phi) is 6.78. The molecular weight excluding hydrogens is 328 g/mol. The first-order chi connectivity index (χ1) is 12.3. The van der Waals surface area contributed by atoms with E-state index in [4.69, 9.17) is 4.74 Å².